The number of likely N-dealkylation sites (tertiary alicyclic amines) is 2. The third-order valence-electron chi connectivity index (χ3n) is 15.6. The highest BCUT2D eigenvalue weighted by atomic mass is 16.5. The SMILES string of the molecule is CC[C@H]1CCC(c2nc3c(ccc4cc5c(cc43)OCc3cc(-c4cnc(C6C[C@@H]7CCC[C@@H]7N6C(=O)C(NC(=O)OC)[C@@H](C)CC)[nH]4)ccc3-5)[nH]2)N1C(=O)[C@@H](NC(=O)OC)C1CCOCC1. The Balaban J connectivity index is 0.911. The van der Waals surface area contributed by atoms with E-state index in [1.165, 1.54) is 14.2 Å². The number of nitrogens with one attached hydrogen (secondary N) is 4. The molecule has 8 atom stereocenters. The Morgan fingerprint density at radius 3 is 2.43 bits per heavy atom. The number of carbonyl (C=O) groups is 4. The van der Waals surface area contributed by atoms with Crippen LogP contribution in [0.5, 0.6) is 5.75 Å². The zero-order valence-corrected chi connectivity index (χ0v) is 39.1. The number of rotatable bonds is 11. The Bertz CT molecular complexity index is 2690. The number of H-pyrrole nitrogens is 2. The van der Waals surface area contributed by atoms with Crippen LogP contribution in [-0.4, -0.2) is 105 Å². The van der Waals surface area contributed by atoms with Gasteiger partial charge in [-0.15, -0.1) is 0 Å². The molecule has 1 saturated carbocycles. The molecule has 3 aromatic carbocycles. The fourth-order valence-electron chi connectivity index (χ4n) is 11.8. The van der Waals surface area contributed by atoms with Gasteiger partial charge in [-0.3, -0.25) is 9.59 Å². The molecule has 67 heavy (non-hydrogen) atoms. The standard InChI is InChI=1S/C51H62N8O8/c1-6-27(3)43(56-50(62)64-4)48(60)59-39-10-8-9-31(39)23-41(59)46-52-25-38(54-46)30-11-14-34-32(21-30)26-67-42-24-35-29(22-36(34)42)12-15-37-45(35)55-47(53-37)40-16-13-33(7-2)58(40)49(61)44(57-51(63)65-5)28-17-19-66-20-18-28/h11-12,14-15,21-22,24-25,27-28,31,33,39-41,43-44H,6-10,13,16-20,23,26H2,1-5H3,(H,52,54)(H,53,55)(H,56,62)(H,57,63)/t27-,31-,33-,39-,40?,41?,43?,44-/m0/s1. The van der Waals surface area contributed by atoms with Gasteiger partial charge in [0.15, 0.2) is 0 Å². The fraction of sp³-hybridized carbons (Fsp3) is 0.529. The lowest BCUT2D eigenvalue weighted by Gasteiger charge is -2.36. The van der Waals surface area contributed by atoms with Crippen LogP contribution in [-0.2, 0) is 30.4 Å². The summed E-state index contributed by atoms with van der Waals surface area (Å²) in [6.07, 6.45) is 9.04. The number of alkyl carbamates (subject to hydrolysis) is 2. The maximum absolute atomic E-state index is 14.6. The van der Waals surface area contributed by atoms with Crippen LogP contribution in [0, 0.1) is 17.8 Å². The minimum Gasteiger partial charge on any atom is -0.488 e. The molecule has 5 aromatic rings. The Labute approximate surface area is 390 Å². The minimum atomic E-state index is -0.720. The lowest BCUT2D eigenvalue weighted by atomic mass is 9.90. The molecule has 0 bridgehead atoms. The molecule has 4 amide bonds. The molecular formula is C51H62N8O8. The van der Waals surface area contributed by atoms with Gasteiger partial charge in [-0.25, -0.2) is 19.6 Å². The van der Waals surface area contributed by atoms with Gasteiger partial charge < -0.3 is 49.3 Å². The Morgan fingerprint density at radius 2 is 1.66 bits per heavy atom. The summed E-state index contributed by atoms with van der Waals surface area (Å²) in [5.74, 6) is 2.34. The molecule has 2 aromatic heterocycles. The summed E-state index contributed by atoms with van der Waals surface area (Å²) in [7, 11) is 2.64. The molecule has 16 heteroatoms. The number of aromatic nitrogens is 4. The van der Waals surface area contributed by atoms with E-state index in [4.69, 9.17) is 28.9 Å². The summed E-state index contributed by atoms with van der Waals surface area (Å²) in [5, 5.41) is 7.70. The number of carbonyl (C=O) groups excluding carboxylic acids is 4. The Hall–Kier alpha value is -6.16. The first-order valence-corrected chi connectivity index (χ1v) is 24.3. The second-order valence-electron chi connectivity index (χ2n) is 19.2. The number of imidazole rings is 2. The van der Waals surface area contributed by atoms with Crippen molar-refractivity contribution in [2.45, 2.75) is 128 Å². The number of hydrogen-bond donors (Lipinski definition) is 4. The number of methoxy groups -OCH3 is 2. The molecule has 4 fully saturated rings. The van der Waals surface area contributed by atoms with Crippen molar-refractivity contribution in [2.75, 3.05) is 27.4 Å². The maximum Gasteiger partial charge on any atom is 0.407 e. The van der Waals surface area contributed by atoms with E-state index in [9.17, 15) is 19.2 Å². The monoisotopic (exact) mass is 914 g/mol. The van der Waals surface area contributed by atoms with E-state index in [0.717, 1.165) is 119 Å². The van der Waals surface area contributed by atoms with E-state index >= 15 is 0 Å². The van der Waals surface area contributed by atoms with Gasteiger partial charge in [0.25, 0.3) is 0 Å². The molecule has 16 nitrogen and oxygen atoms in total. The van der Waals surface area contributed by atoms with Crippen LogP contribution in [0.4, 0.5) is 9.59 Å². The number of nitrogens with zero attached hydrogens (tertiary/aromatic N) is 4. The van der Waals surface area contributed by atoms with Gasteiger partial charge in [0.05, 0.1) is 49.2 Å². The van der Waals surface area contributed by atoms with Gasteiger partial charge in [0.1, 0.15) is 36.1 Å². The quantitative estimate of drug-likeness (QED) is 0.0999. The Kier molecular flexibility index (Phi) is 12.3. The first-order valence-electron chi connectivity index (χ1n) is 24.3. The summed E-state index contributed by atoms with van der Waals surface area (Å²) in [6, 6.07) is 13.0. The molecule has 0 radical (unpaired) electrons. The average Bonchev–Trinajstić information content (AvgIpc) is 4.22. The summed E-state index contributed by atoms with van der Waals surface area (Å²) in [6.45, 7) is 7.60. The van der Waals surface area contributed by atoms with Gasteiger partial charge in [-0.1, -0.05) is 51.8 Å². The highest BCUT2D eigenvalue weighted by Crippen LogP contribution is 2.48. The molecule has 6 heterocycles. The molecule has 5 aliphatic rings. The van der Waals surface area contributed by atoms with Crippen LogP contribution < -0.4 is 15.4 Å². The van der Waals surface area contributed by atoms with Crippen LogP contribution in [0.15, 0.2) is 48.7 Å². The summed E-state index contributed by atoms with van der Waals surface area (Å²) >= 11 is 0. The van der Waals surface area contributed by atoms with E-state index in [-0.39, 0.29) is 47.8 Å². The molecule has 4 N–H and O–H groups in total. The van der Waals surface area contributed by atoms with Crippen LogP contribution >= 0.6 is 0 Å². The summed E-state index contributed by atoms with van der Waals surface area (Å²) in [4.78, 5) is 75.1. The zero-order chi connectivity index (χ0) is 46.5. The van der Waals surface area contributed by atoms with E-state index in [0.29, 0.717) is 38.6 Å². The number of hydrogen-bond acceptors (Lipinski definition) is 10. The smallest absolute Gasteiger partial charge is 0.407 e. The second-order valence-corrected chi connectivity index (χ2v) is 19.2. The van der Waals surface area contributed by atoms with Crippen molar-refractivity contribution in [3.8, 4) is 28.1 Å². The van der Waals surface area contributed by atoms with Crippen LogP contribution in [0.2, 0.25) is 0 Å². The maximum atomic E-state index is 14.6. The molecule has 0 spiro atoms. The van der Waals surface area contributed by atoms with Crippen molar-refractivity contribution in [1.29, 1.82) is 0 Å². The molecule has 354 valence electrons. The predicted molar refractivity (Wildman–Crippen MR) is 251 cm³/mol. The highest BCUT2D eigenvalue weighted by molar-refractivity contribution is 6.07. The summed E-state index contributed by atoms with van der Waals surface area (Å²) in [5.41, 5.74) is 6.68. The average molecular weight is 915 g/mol. The molecular weight excluding hydrogens is 853 g/mol. The van der Waals surface area contributed by atoms with Crippen molar-refractivity contribution < 1.29 is 38.1 Å². The third-order valence-corrected chi connectivity index (χ3v) is 15.6. The van der Waals surface area contributed by atoms with E-state index in [1.807, 2.05) is 29.8 Å². The fourth-order valence-corrected chi connectivity index (χ4v) is 11.8. The third kappa shape index (κ3) is 8.14. The molecule has 4 aliphatic heterocycles. The zero-order valence-electron chi connectivity index (χ0n) is 39.1. The number of fused-ring (bicyclic) bond motifs is 7. The van der Waals surface area contributed by atoms with Crippen molar-refractivity contribution in [3.63, 3.8) is 0 Å². The number of amides is 4. The van der Waals surface area contributed by atoms with Crippen molar-refractivity contribution in [3.05, 3.63) is 65.9 Å². The second kappa shape index (κ2) is 18.5. The van der Waals surface area contributed by atoms with Gasteiger partial charge in [-0.05, 0) is 115 Å². The topological polar surface area (TPSA) is 193 Å². The van der Waals surface area contributed by atoms with Crippen LogP contribution in [0.3, 0.4) is 0 Å². The Morgan fingerprint density at radius 1 is 0.851 bits per heavy atom. The summed E-state index contributed by atoms with van der Waals surface area (Å²) < 4.78 is 22.0. The first-order chi connectivity index (χ1) is 32.6. The van der Waals surface area contributed by atoms with Crippen LogP contribution in [0.1, 0.15) is 114 Å². The van der Waals surface area contributed by atoms with Crippen LogP contribution in [0.25, 0.3) is 44.2 Å². The van der Waals surface area contributed by atoms with E-state index in [2.05, 4.69) is 70.0 Å². The van der Waals surface area contributed by atoms with Crippen molar-refractivity contribution in [2.24, 2.45) is 17.8 Å². The largest absolute Gasteiger partial charge is 0.488 e. The lowest BCUT2D eigenvalue weighted by Crippen LogP contribution is -2.54. The van der Waals surface area contributed by atoms with Gasteiger partial charge in [0.2, 0.25) is 11.8 Å². The van der Waals surface area contributed by atoms with Gasteiger partial charge in [0, 0.05) is 36.2 Å². The number of benzene rings is 3. The highest BCUT2D eigenvalue weighted by Gasteiger charge is 2.50. The normalized spacial score (nSPS) is 23.8. The lowest BCUT2D eigenvalue weighted by molar-refractivity contribution is -0.139. The molecule has 10 rings (SSSR count). The minimum absolute atomic E-state index is 0.0132. The number of ether oxygens (including phenoxy) is 4. The molecule has 1 aliphatic carbocycles. The van der Waals surface area contributed by atoms with Crippen molar-refractivity contribution >= 4 is 45.8 Å². The number of aromatic amines is 2. The predicted octanol–water partition coefficient (Wildman–Crippen LogP) is 8.47. The van der Waals surface area contributed by atoms with Crippen molar-refractivity contribution in [1.82, 2.24) is 40.4 Å². The molecule has 3 saturated heterocycles. The van der Waals surface area contributed by atoms with Gasteiger partial charge in [-0.2, -0.15) is 0 Å². The van der Waals surface area contributed by atoms with Gasteiger partial charge >= 0.3 is 12.2 Å². The first kappa shape index (κ1) is 44.7. The van der Waals surface area contributed by atoms with E-state index < -0.39 is 24.3 Å². The molecule has 3 unspecified atom stereocenters. The van der Waals surface area contributed by atoms with E-state index in [1.54, 1.807) is 0 Å².